The number of hydrogen-bond acceptors (Lipinski definition) is 5. The molecule has 0 amide bonds. The Bertz CT molecular complexity index is 345. The maximum atomic E-state index is 5.36. The molecular weight excluding hydrogens is 204 g/mol. The van der Waals surface area contributed by atoms with E-state index in [-0.39, 0.29) is 0 Å². The third kappa shape index (κ3) is 2.69. The van der Waals surface area contributed by atoms with Crippen LogP contribution in [-0.2, 0) is 11.3 Å². The van der Waals surface area contributed by atoms with Crippen molar-refractivity contribution in [3.8, 4) is 0 Å². The molecular formula is C11H18N4O. The largest absolute Gasteiger partial charge is 0.380 e. The summed E-state index contributed by atoms with van der Waals surface area (Å²) in [7, 11) is 1.77. The third-order valence-electron chi connectivity index (χ3n) is 2.93. The van der Waals surface area contributed by atoms with Crippen LogP contribution in [-0.4, -0.2) is 36.2 Å². The molecule has 5 heteroatoms. The summed E-state index contributed by atoms with van der Waals surface area (Å²) in [4.78, 5) is 6.67. The van der Waals surface area contributed by atoms with Crippen LogP contribution in [0.3, 0.4) is 0 Å². The number of nitrogen functional groups attached to an aromatic ring is 1. The average Bonchev–Trinajstić information content (AvgIpc) is 2.77. The highest BCUT2D eigenvalue weighted by Gasteiger charge is 2.22. The Labute approximate surface area is 95.6 Å². The molecule has 0 aliphatic carbocycles. The number of ether oxygens (including phenoxy) is 1. The summed E-state index contributed by atoms with van der Waals surface area (Å²) in [6.07, 6.45) is 3.25. The van der Waals surface area contributed by atoms with Crippen LogP contribution in [0.5, 0.6) is 0 Å². The first kappa shape index (κ1) is 11.3. The SMILES string of the molecule is COC1CCN(Cc2cc(NN)ccn2)C1. The summed E-state index contributed by atoms with van der Waals surface area (Å²) >= 11 is 0. The third-order valence-corrected chi connectivity index (χ3v) is 2.93. The number of anilines is 1. The first-order valence-corrected chi connectivity index (χ1v) is 5.48. The predicted molar refractivity (Wildman–Crippen MR) is 62.7 cm³/mol. The number of aromatic nitrogens is 1. The van der Waals surface area contributed by atoms with Crippen LogP contribution < -0.4 is 11.3 Å². The van der Waals surface area contributed by atoms with E-state index >= 15 is 0 Å². The quantitative estimate of drug-likeness (QED) is 0.576. The van der Waals surface area contributed by atoms with Gasteiger partial charge in [-0.2, -0.15) is 0 Å². The molecule has 1 atom stereocenters. The van der Waals surface area contributed by atoms with E-state index < -0.39 is 0 Å². The molecule has 1 aliphatic rings. The number of nitrogens with one attached hydrogen (secondary N) is 1. The number of rotatable bonds is 4. The van der Waals surface area contributed by atoms with Crippen molar-refractivity contribution in [2.75, 3.05) is 25.6 Å². The lowest BCUT2D eigenvalue weighted by atomic mass is 10.3. The minimum Gasteiger partial charge on any atom is -0.380 e. The molecule has 2 rings (SSSR count). The van der Waals surface area contributed by atoms with Gasteiger partial charge in [-0.3, -0.25) is 15.7 Å². The van der Waals surface area contributed by atoms with Gasteiger partial charge in [-0.15, -0.1) is 0 Å². The van der Waals surface area contributed by atoms with Crippen LogP contribution in [0.1, 0.15) is 12.1 Å². The zero-order chi connectivity index (χ0) is 11.4. The minimum absolute atomic E-state index is 0.371. The highest BCUT2D eigenvalue weighted by molar-refractivity contribution is 5.41. The van der Waals surface area contributed by atoms with E-state index in [9.17, 15) is 0 Å². The summed E-state index contributed by atoms with van der Waals surface area (Å²) in [5.41, 5.74) is 4.56. The molecule has 1 aromatic rings. The van der Waals surface area contributed by atoms with E-state index in [4.69, 9.17) is 10.6 Å². The van der Waals surface area contributed by atoms with E-state index in [0.29, 0.717) is 6.10 Å². The number of nitrogens with zero attached hydrogens (tertiary/aromatic N) is 2. The van der Waals surface area contributed by atoms with Gasteiger partial charge in [-0.1, -0.05) is 0 Å². The Kier molecular flexibility index (Phi) is 3.71. The molecule has 88 valence electrons. The van der Waals surface area contributed by atoms with Crippen molar-refractivity contribution < 1.29 is 4.74 Å². The second-order valence-electron chi connectivity index (χ2n) is 4.06. The molecule has 3 N–H and O–H groups in total. The number of nitrogens with two attached hydrogens (primary N) is 1. The standard InChI is InChI=1S/C11H18N4O/c1-16-11-3-5-15(8-11)7-10-6-9(14-12)2-4-13-10/h2,4,6,11H,3,5,7-8,12H2,1H3,(H,13,14). The van der Waals surface area contributed by atoms with Gasteiger partial charge >= 0.3 is 0 Å². The fraction of sp³-hybridized carbons (Fsp3) is 0.545. The van der Waals surface area contributed by atoms with Gasteiger partial charge in [0.2, 0.25) is 0 Å². The number of hydrogen-bond donors (Lipinski definition) is 2. The van der Waals surface area contributed by atoms with Gasteiger partial charge in [0.15, 0.2) is 0 Å². The van der Waals surface area contributed by atoms with Crippen LogP contribution in [0.15, 0.2) is 18.3 Å². The molecule has 0 spiro atoms. The monoisotopic (exact) mass is 222 g/mol. The fourth-order valence-electron chi connectivity index (χ4n) is 2.02. The van der Waals surface area contributed by atoms with Gasteiger partial charge in [0.25, 0.3) is 0 Å². The zero-order valence-corrected chi connectivity index (χ0v) is 9.52. The Balaban J connectivity index is 1.94. The van der Waals surface area contributed by atoms with E-state index in [0.717, 1.165) is 37.4 Å². The normalized spacial score (nSPS) is 21.2. The molecule has 0 saturated carbocycles. The number of likely N-dealkylation sites (tertiary alicyclic amines) is 1. The molecule has 2 heterocycles. The fourth-order valence-corrected chi connectivity index (χ4v) is 2.02. The Morgan fingerprint density at radius 1 is 1.69 bits per heavy atom. The smallest absolute Gasteiger partial charge is 0.0710 e. The summed E-state index contributed by atoms with van der Waals surface area (Å²) in [5, 5.41) is 0. The lowest BCUT2D eigenvalue weighted by Crippen LogP contribution is -2.23. The molecule has 1 fully saturated rings. The molecule has 1 saturated heterocycles. The van der Waals surface area contributed by atoms with Crippen LogP contribution in [0.25, 0.3) is 0 Å². The van der Waals surface area contributed by atoms with Gasteiger partial charge < -0.3 is 10.2 Å². The van der Waals surface area contributed by atoms with Crippen molar-refractivity contribution in [2.45, 2.75) is 19.1 Å². The average molecular weight is 222 g/mol. The van der Waals surface area contributed by atoms with Gasteiger partial charge in [-0.25, -0.2) is 0 Å². The second-order valence-corrected chi connectivity index (χ2v) is 4.06. The van der Waals surface area contributed by atoms with Crippen LogP contribution in [0.2, 0.25) is 0 Å². The van der Waals surface area contributed by atoms with Crippen molar-refractivity contribution in [1.29, 1.82) is 0 Å². The summed E-state index contributed by atoms with van der Waals surface area (Å²) in [6, 6.07) is 3.82. The van der Waals surface area contributed by atoms with Gasteiger partial charge in [0, 0.05) is 32.9 Å². The number of hydrazine groups is 1. The van der Waals surface area contributed by atoms with Crippen molar-refractivity contribution in [2.24, 2.45) is 5.84 Å². The zero-order valence-electron chi connectivity index (χ0n) is 9.52. The Morgan fingerprint density at radius 2 is 2.56 bits per heavy atom. The first-order valence-electron chi connectivity index (χ1n) is 5.48. The molecule has 16 heavy (non-hydrogen) atoms. The topological polar surface area (TPSA) is 63.4 Å². The van der Waals surface area contributed by atoms with Crippen molar-refractivity contribution in [3.63, 3.8) is 0 Å². The summed E-state index contributed by atoms with van der Waals surface area (Å²) in [5.74, 6) is 5.36. The van der Waals surface area contributed by atoms with Crippen LogP contribution >= 0.6 is 0 Å². The van der Waals surface area contributed by atoms with Crippen molar-refractivity contribution in [3.05, 3.63) is 24.0 Å². The molecule has 0 bridgehead atoms. The first-order chi connectivity index (χ1) is 7.81. The maximum Gasteiger partial charge on any atom is 0.0710 e. The summed E-state index contributed by atoms with van der Waals surface area (Å²) in [6.45, 7) is 2.91. The lowest BCUT2D eigenvalue weighted by Gasteiger charge is -2.15. The Morgan fingerprint density at radius 3 is 3.25 bits per heavy atom. The van der Waals surface area contributed by atoms with E-state index in [1.807, 2.05) is 12.1 Å². The van der Waals surface area contributed by atoms with Crippen molar-refractivity contribution >= 4 is 5.69 Å². The van der Waals surface area contributed by atoms with Gasteiger partial charge in [0.1, 0.15) is 0 Å². The highest BCUT2D eigenvalue weighted by atomic mass is 16.5. The van der Waals surface area contributed by atoms with Gasteiger partial charge in [0.05, 0.1) is 17.5 Å². The summed E-state index contributed by atoms with van der Waals surface area (Å²) < 4.78 is 5.33. The predicted octanol–water partition coefficient (Wildman–Crippen LogP) is 0.588. The highest BCUT2D eigenvalue weighted by Crippen LogP contribution is 2.15. The lowest BCUT2D eigenvalue weighted by molar-refractivity contribution is 0.107. The molecule has 5 nitrogen and oxygen atoms in total. The molecule has 1 aromatic heterocycles. The van der Waals surface area contributed by atoms with E-state index in [1.54, 1.807) is 13.3 Å². The number of methoxy groups -OCH3 is 1. The molecule has 0 aromatic carbocycles. The minimum atomic E-state index is 0.371. The maximum absolute atomic E-state index is 5.36. The van der Waals surface area contributed by atoms with E-state index in [2.05, 4.69) is 15.3 Å². The Hall–Kier alpha value is -1.17. The molecule has 1 aliphatic heterocycles. The molecule has 1 unspecified atom stereocenters. The van der Waals surface area contributed by atoms with Crippen molar-refractivity contribution in [1.82, 2.24) is 9.88 Å². The molecule has 0 radical (unpaired) electrons. The number of pyridine rings is 1. The van der Waals surface area contributed by atoms with Gasteiger partial charge in [-0.05, 0) is 18.6 Å². The second kappa shape index (κ2) is 5.25. The van der Waals surface area contributed by atoms with Crippen LogP contribution in [0.4, 0.5) is 5.69 Å². The van der Waals surface area contributed by atoms with E-state index in [1.165, 1.54) is 0 Å². The van der Waals surface area contributed by atoms with Crippen LogP contribution in [0, 0.1) is 0 Å².